The molecule has 71 valence electrons. The van der Waals surface area contributed by atoms with E-state index in [0.717, 1.165) is 38.5 Å². The largest absolute Gasteiger partial charge is 0.298 e. The summed E-state index contributed by atoms with van der Waals surface area (Å²) < 4.78 is 0. The van der Waals surface area contributed by atoms with Crippen molar-refractivity contribution >= 4 is 12.1 Å². The van der Waals surface area contributed by atoms with E-state index in [1.807, 2.05) is 6.29 Å². The van der Waals surface area contributed by atoms with Gasteiger partial charge in [-0.1, -0.05) is 19.3 Å². The van der Waals surface area contributed by atoms with Crippen LogP contribution in [0.1, 0.15) is 44.9 Å². The highest BCUT2D eigenvalue weighted by Gasteiger charge is 2.46. The number of carbonyl (C=O) groups is 1. The third-order valence-electron chi connectivity index (χ3n) is 3.32. The van der Waals surface area contributed by atoms with Crippen LogP contribution in [-0.4, -0.2) is 12.1 Å². The fourth-order valence-electron chi connectivity index (χ4n) is 2.29. The second-order valence-corrected chi connectivity index (χ2v) is 4.38. The van der Waals surface area contributed by atoms with Crippen molar-refractivity contribution in [2.45, 2.75) is 44.9 Å². The second-order valence-electron chi connectivity index (χ2n) is 4.38. The van der Waals surface area contributed by atoms with Gasteiger partial charge < -0.3 is 0 Å². The van der Waals surface area contributed by atoms with Crippen LogP contribution in [0.2, 0.25) is 0 Å². The van der Waals surface area contributed by atoms with Crippen LogP contribution in [0.3, 0.4) is 0 Å². The first-order valence-corrected chi connectivity index (χ1v) is 5.22. The number of rotatable bonds is 3. The van der Waals surface area contributed by atoms with Gasteiger partial charge in [-0.15, -0.1) is 0 Å². The number of carbonyl (C=O) groups excluding carboxylic acids is 2. The summed E-state index contributed by atoms with van der Waals surface area (Å²) in [5, 5.41) is 0. The number of hydrogen-bond donors (Lipinski definition) is 0. The Balaban J connectivity index is 2.11. The maximum Gasteiger partial charge on any atom is 0.212 e. The highest BCUT2D eigenvalue weighted by atomic mass is 16.1. The van der Waals surface area contributed by atoms with Crippen LogP contribution < -0.4 is 0 Å². The van der Waals surface area contributed by atoms with Crippen LogP contribution in [0.15, 0.2) is 0 Å². The smallest absolute Gasteiger partial charge is 0.212 e. The maximum absolute atomic E-state index is 11.9. The molecule has 0 atom stereocenters. The van der Waals surface area contributed by atoms with Gasteiger partial charge in [-0.05, 0) is 25.7 Å². The minimum absolute atomic E-state index is 0.196. The summed E-state index contributed by atoms with van der Waals surface area (Å²) in [6.07, 6.45) is 8.77. The standard InChI is InChI=1S/C11H15O2/c12-8-11(6-2-1-3-7-11)10(13)9-4-5-9/h9H,1-7H2. The molecule has 2 aliphatic carbocycles. The van der Waals surface area contributed by atoms with Gasteiger partial charge in [0.15, 0.2) is 0 Å². The monoisotopic (exact) mass is 179 g/mol. The van der Waals surface area contributed by atoms with Crippen molar-refractivity contribution < 1.29 is 9.59 Å². The molecule has 2 aliphatic rings. The highest BCUT2D eigenvalue weighted by molar-refractivity contribution is 6.00. The van der Waals surface area contributed by atoms with Gasteiger partial charge in [0.25, 0.3) is 0 Å². The van der Waals surface area contributed by atoms with Crippen molar-refractivity contribution in [3.8, 4) is 0 Å². The summed E-state index contributed by atoms with van der Waals surface area (Å²) in [6.45, 7) is 0. The minimum atomic E-state index is -0.681. The van der Waals surface area contributed by atoms with Crippen molar-refractivity contribution in [3.05, 3.63) is 0 Å². The van der Waals surface area contributed by atoms with Crippen molar-refractivity contribution in [2.24, 2.45) is 11.3 Å². The zero-order valence-electron chi connectivity index (χ0n) is 7.84. The first-order valence-electron chi connectivity index (χ1n) is 5.22. The average Bonchev–Trinajstić information content (AvgIpc) is 3.01. The first kappa shape index (κ1) is 8.92. The van der Waals surface area contributed by atoms with E-state index in [1.165, 1.54) is 6.42 Å². The van der Waals surface area contributed by atoms with Gasteiger partial charge in [-0.25, -0.2) is 0 Å². The normalized spacial score (nSPS) is 26.8. The summed E-state index contributed by atoms with van der Waals surface area (Å²) in [5.41, 5.74) is -0.681. The van der Waals surface area contributed by atoms with Crippen molar-refractivity contribution in [1.29, 1.82) is 0 Å². The lowest BCUT2D eigenvalue weighted by Crippen LogP contribution is -2.36. The lowest BCUT2D eigenvalue weighted by Gasteiger charge is -2.29. The molecule has 0 heterocycles. The van der Waals surface area contributed by atoms with Crippen molar-refractivity contribution in [1.82, 2.24) is 0 Å². The van der Waals surface area contributed by atoms with E-state index in [0.29, 0.717) is 0 Å². The molecule has 13 heavy (non-hydrogen) atoms. The Labute approximate surface area is 78.7 Å². The zero-order valence-corrected chi connectivity index (χ0v) is 7.84. The Morgan fingerprint density at radius 3 is 2.23 bits per heavy atom. The fraction of sp³-hybridized carbons (Fsp3) is 0.818. The minimum Gasteiger partial charge on any atom is -0.298 e. The van der Waals surface area contributed by atoms with Crippen molar-refractivity contribution in [3.63, 3.8) is 0 Å². The lowest BCUT2D eigenvalue weighted by atomic mass is 9.71. The lowest BCUT2D eigenvalue weighted by molar-refractivity contribution is -0.127. The van der Waals surface area contributed by atoms with Crippen LogP contribution in [-0.2, 0) is 9.59 Å². The van der Waals surface area contributed by atoms with Gasteiger partial charge in [0.05, 0.1) is 5.41 Å². The molecule has 2 fully saturated rings. The number of hydrogen-bond acceptors (Lipinski definition) is 2. The molecule has 0 saturated heterocycles. The van der Waals surface area contributed by atoms with E-state index in [4.69, 9.17) is 0 Å². The van der Waals surface area contributed by atoms with E-state index in [1.54, 1.807) is 0 Å². The maximum atomic E-state index is 11.9. The van der Waals surface area contributed by atoms with Crippen LogP contribution >= 0.6 is 0 Å². The quantitative estimate of drug-likeness (QED) is 0.621. The van der Waals surface area contributed by atoms with Crippen LogP contribution in [0.4, 0.5) is 0 Å². The molecule has 0 amide bonds. The predicted octanol–water partition coefficient (Wildman–Crippen LogP) is 2.03. The van der Waals surface area contributed by atoms with Gasteiger partial charge in [-0.3, -0.25) is 9.59 Å². The number of ketones is 1. The molecular weight excluding hydrogens is 164 g/mol. The van der Waals surface area contributed by atoms with E-state index < -0.39 is 5.41 Å². The molecule has 1 radical (unpaired) electrons. The van der Waals surface area contributed by atoms with Gasteiger partial charge >= 0.3 is 0 Å². The molecule has 0 spiro atoms. The summed E-state index contributed by atoms with van der Waals surface area (Å²) >= 11 is 0. The van der Waals surface area contributed by atoms with Crippen LogP contribution in [0, 0.1) is 11.3 Å². The highest BCUT2D eigenvalue weighted by Crippen LogP contribution is 2.43. The average molecular weight is 179 g/mol. The molecule has 2 saturated carbocycles. The zero-order chi connectivity index (χ0) is 9.31. The molecule has 2 heteroatoms. The van der Waals surface area contributed by atoms with Crippen LogP contribution in [0.5, 0.6) is 0 Å². The summed E-state index contributed by atoms with van der Waals surface area (Å²) in [4.78, 5) is 22.8. The Morgan fingerprint density at radius 2 is 1.77 bits per heavy atom. The van der Waals surface area contributed by atoms with Gasteiger partial charge in [0.2, 0.25) is 6.29 Å². The number of Topliss-reactive ketones (excluding diaryl/α,β-unsaturated/α-hetero) is 1. The molecule has 0 aromatic rings. The Hall–Kier alpha value is -0.660. The SMILES string of the molecule is O=[C]C1(C(=O)C2CC2)CCCCC1. The van der Waals surface area contributed by atoms with E-state index in [-0.39, 0.29) is 11.7 Å². The molecule has 0 aliphatic heterocycles. The third-order valence-corrected chi connectivity index (χ3v) is 3.32. The van der Waals surface area contributed by atoms with Gasteiger partial charge in [-0.2, -0.15) is 0 Å². The molecule has 0 aromatic heterocycles. The van der Waals surface area contributed by atoms with Gasteiger partial charge in [0.1, 0.15) is 5.78 Å². The Bertz CT molecular complexity index is 222. The second kappa shape index (κ2) is 3.24. The van der Waals surface area contributed by atoms with E-state index >= 15 is 0 Å². The van der Waals surface area contributed by atoms with E-state index in [9.17, 15) is 9.59 Å². The van der Waals surface area contributed by atoms with Gasteiger partial charge in [0, 0.05) is 5.92 Å². The fourth-order valence-corrected chi connectivity index (χ4v) is 2.29. The van der Waals surface area contributed by atoms with Crippen LogP contribution in [0.25, 0.3) is 0 Å². The molecule has 0 bridgehead atoms. The van der Waals surface area contributed by atoms with Crippen molar-refractivity contribution in [2.75, 3.05) is 0 Å². The topological polar surface area (TPSA) is 34.1 Å². The molecule has 2 rings (SSSR count). The summed E-state index contributed by atoms with van der Waals surface area (Å²) in [5.74, 6) is 0.404. The molecule has 2 nitrogen and oxygen atoms in total. The molecule has 0 N–H and O–H groups in total. The molecule has 0 unspecified atom stereocenters. The Kier molecular flexibility index (Phi) is 2.22. The summed E-state index contributed by atoms with van der Waals surface area (Å²) in [6, 6.07) is 0. The predicted molar refractivity (Wildman–Crippen MR) is 48.9 cm³/mol. The van der Waals surface area contributed by atoms with E-state index in [2.05, 4.69) is 0 Å². The molecular formula is C11H15O2. The molecule has 0 aromatic carbocycles. The third kappa shape index (κ3) is 1.54. The Morgan fingerprint density at radius 1 is 1.15 bits per heavy atom. The first-order chi connectivity index (χ1) is 6.28. The summed E-state index contributed by atoms with van der Waals surface area (Å²) in [7, 11) is 0.